The van der Waals surface area contributed by atoms with Crippen LogP contribution in [0.5, 0.6) is 0 Å². The molecule has 1 heterocycles. The second kappa shape index (κ2) is 5.14. The largest absolute Gasteiger partial charge is 0.352 e. The lowest BCUT2D eigenvalue weighted by atomic mass is 10.1. The van der Waals surface area contributed by atoms with Crippen LogP contribution in [0.1, 0.15) is 0 Å². The van der Waals surface area contributed by atoms with Crippen molar-refractivity contribution in [2.45, 2.75) is 0 Å². The number of nitrogens with one attached hydrogen (secondary N) is 1. The highest BCUT2D eigenvalue weighted by Gasteiger charge is 2.23. The summed E-state index contributed by atoms with van der Waals surface area (Å²) in [6, 6.07) is 32.0. The van der Waals surface area contributed by atoms with Gasteiger partial charge in [-0.25, -0.2) is 0 Å². The maximum atomic E-state index is 3.54. The molecule has 0 amide bonds. The van der Waals surface area contributed by atoms with Crippen molar-refractivity contribution >= 4 is 39.2 Å². The van der Waals surface area contributed by atoms with E-state index in [1.54, 1.807) is 0 Å². The molecule has 1 aliphatic rings. The van der Waals surface area contributed by atoms with E-state index in [9.17, 15) is 0 Å². The third-order valence-electron chi connectivity index (χ3n) is 4.55. The molecule has 114 valence electrons. The highest BCUT2D eigenvalue weighted by Crippen LogP contribution is 2.47. The van der Waals surface area contributed by atoms with Crippen LogP contribution >= 0.6 is 0 Å². The molecule has 0 aliphatic carbocycles. The Kier molecular flexibility index (Phi) is 2.83. The first-order chi connectivity index (χ1) is 11.9. The second-order valence-corrected chi connectivity index (χ2v) is 6.03. The van der Waals surface area contributed by atoms with Crippen LogP contribution in [0, 0.1) is 0 Å². The lowest BCUT2D eigenvalue weighted by Crippen LogP contribution is -2.17. The maximum absolute atomic E-state index is 3.54. The summed E-state index contributed by atoms with van der Waals surface area (Å²) in [5, 5.41) is 6.05. The van der Waals surface area contributed by atoms with Crippen molar-refractivity contribution in [3.8, 4) is 0 Å². The Hall–Kier alpha value is -3.26. The predicted molar refractivity (Wildman–Crippen MR) is 102 cm³/mol. The first-order valence-corrected chi connectivity index (χ1v) is 8.14. The summed E-state index contributed by atoms with van der Waals surface area (Å²) in [6.07, 6.45) is 0. The Balaban J connectivity index is 1.77. The van der Waals surface area contributed by atoms with Crippen LogP contribution in [-0.2, 0) is 0 Å². The van der Waals surface area contributed by atoms with E-state index in [1.165, 1.54) is 27.8 Å². The van der Waals surface area contributed by atoms with Crippen molar-refractivity contribution in [2.24, 2.45) is 0 Å². The van der Waals surface area contributed by atoms with E-state index in [0.29, 0.717) is 0 Å². The van der Waals surface area contributed by atoms with Gasteiger partial charge in [0.05, 0.1) is 22.7 Å². The Labute approximate surface area is 141 Å². The van der Waals surface area contributed by atoms with Crippen LogP contribution in [0.25, 0.3) is 10.8 Å². The Bertz CT molecular complexity index is 1010. The summed E-state index contributed by atoms with van der Waals surface area (Å²) in [4.78, 5) is 2.33. The number of nitrogens with zero attached hydrogens (tertiary/aromatic N) is 1. The molecule has 1 N–H and O–H groups in total. The third kappa shape index (κ3) is 1.97. The van der Waals surface area contributed by atoms with Gasteiger partial charge in [0.15, 0.2) is 0 Å². The van der Waals surface area contributed by atoms with Crippen LogP contribution < -0.4 is 10.2 Å². The molecule has 2 nitrogen and oxygen atoms in total. The average Bonchev–Trinajstić information content (AvgIpc) is 2.65. The molecule has 0 spiro atoms. The molecule has 0 radical (unpaired) electrons. The van der Waals surface area contributed by atoms with E-state index in [1.807, 2.05) is 0 Å². The Morgan fingerprint density at radius 1 is 0.542 bits per heavy atom. The second-order valence-electron chi connectivity index (χ2n) is 6.03. The zero-order valence-electron chi connectivity index (χ0n) is 13.1. The van der Waals surface area contributed by atoms with Crippen molar-refractivity contribution in [1.29, 1.82) is 0 Å². The fourth-order valence-electron chi connectivity index (χ4n) is 3.42. The molecule has 5 rings (SSSR count). The van der Waals surface area contributed by atoms with E-state index in [2.05, 4.69) is 101 Å². The zero-order valence-corrected chi connectivity index (χ0v) is 13.1. The van der Waals surface area contributed by atoms with Crippen LogP contribution in [0.15, 0.2) is 91.0 Å². The first kappa shape index (κ1) is 13.2. The molecule has 4 aromatic carbocycles. The van der Waals surface area contributed by atoms with Gasteiger partial charge in [-0.15, -0.1) is 0 Å². The zero-order chi connectivity index (χ0) is 15.9. The van der Waals surface area contributed by atoms with Crippen molar-refractivity contribution in [2.75, 3.05) is 10.2 Å². The normalized spacial score (nSPS) is 12.4. The smallest absolute Gasteiger partial charge is 0.0697 e. The number of anilines is 5. The summed E-state index contributed by atoms with van der Waals surface area (Å²) in [5.74, 6) is 0. The van der Waals surface area contributed by atoms with Gasteiger partial charge >= 0.3 is 0 Å². The predicted octanol–water partition coefficient (Wildman–Crippen LogP) is 6.37. The van der Waals surface area contributed by atoms with Crippen LogP contribution in [0.2, 0.25) is 0 Å². The van der Waals surface area contributed by atoms with E-state index in [4.69, 9.17) is 0 Å². The van der Waals surface area contributed by atoms with Gasteiger partial charge in [-0.3, -0.25) is 0 Å². The molecule has 1 aliphatic heterocycles. The van der Waals surface area contributed by atoms with Crippen LogP contribution in [0.4, 0.5) is 28.4 Å². The SMILES string of the molecule is c1ccc2c(c1)Nc1ccccc1N2c1ccc2ccccc2c1. The molecule has 0 fully saturated rings. The highest BCUT2D eigenvalue weighted by molar-refractivity contribution is 5.98. The molecule has 0 bridgehead atoms. The Morgan fingerprint density at radius 3 is 1.83 bits per heavy atom. The number of fused-ring (bicyclic) bond motifs is 3. The number of hydrogen-bond acceptors (Lipinski definition) is 2. The van der Waals surface area contributed by atoms with Gasteiger partial charge in [-0.2, -0.15) is 0 Å². The van der Waals surface area contributed by atoms with Crippen molar-refractivity contribution in [3.05, 3.63) is 91.0 Å². The van der Waals surface area contributed by atoms with Crippen molar-refractivity contribution < 1.29 is 0 Å². The van der Waals surface area contributed by atoms with Crippen LogP contribution in [-0.4, -0.2) is 0 Å². The molecule has 2 heteroatoms. The molecule has 0 saturated heterocycles. The van der Waals surface area contributed by atoms with Gasteiger partial charge < -0.3 is 10.2 Å². The molecular formula is C22H16N2. The summed E-state index contributed by atoms with van der Waals surface area (Å²) >= 11 is 0. The molecule has 0 atom stereocenters. The topological polar surface area (TPSA) is 15.3 Å². The summed E-state index contributed by atoms with van der Waals surface area (Å²) < 4.78 is 0. The van der Waals surface area contributed by atoms with Crippen molar-refractivity contribution in [1.82, 2.24) is 0 Å². The summed E-state index contributed by atoms with van der Waals surface area (Å²) in [7, 11) is 0. The molecular weight excluding hydrogens is 292 g/mol. The highest BCUT2D eigenvalue weighted by atomic mass is 15.2. The number of hydrogen-bond donors (Lipinski definition) is 1. The van der Waals surface area contributed by atoms with E-state index >= 15 is 0 Å². The lowest BCUT2D eigenvalue weighted by molar-refractivity contribution is 1.26. The quantitative estimate of drug-likeness (QED) is 0.387. The summed E-state index contributed by atoms with van der Waals surface area (Å²) in [5.41, 5.74) is 5.78. The van der Waals surface area contributed by atoms with E-state index in [0.717, 1.165) is 11.4 Å². The monoisotopic (exact) mass is 308 g/mol. The maximum Gasteiger partial charge on any atom is 0.0697 e. The Morgan fingerprint density at radius 2 is 1.12 bits per heavy atom. The number of para-hydroxylation sites is 4. The van der Waals surface area contributed by atoms with Gasteiger partial charge in [0.1, 0.15) is 0 Å². The fourth-order valence-corrected chi connectivity index (χ4v) is 3.42. The van der Waals surface area contributed by atoms with Gasteiger partial charge in [0, 0.05) is 5.69 Å². The van der Waals surface area contributed by atoms with Gasteiger partial charge in [-0.1, -0.05) is 54.6 Å². The minimum absolute atomic E-state index is 1.13. The molecule has 0 aromatic heterocycles. The molecule has 0 saturated carbocycles. The molecule has 4 aromatic rings. The first-order valence-electron chi connectivity index (χ1n) is 8.14. The minimum atomic E-state index is 1.13. The molecule has 24 heavy (non-hydrogen) atoms. The molecule has 0 unspecified atom stereocenters. The van der Waals surface area contributed by atoms with Crippen LogP contribution in [0.3, 0.4) is 0 Å². The standard InChI is InChI=1S/C22H16N2/c1-2-8-17-15-18(14-13-16(17)7-1)24-21-11-5-3-9-19(21)23-20-10-4-6-12-22(20)24/h1-15,23H. The third-order valence-corrected chi connectivity index (χ3v) is 4.55. The van der Waals surface area contributed by atoms with Crippen molar-refractivity contribution in [3.63, 3.8) is 0 Å². The van der Waals surface area contributed by atoms with E-state index < -0.39 is 0 Å². The van der Waals surface area contributed by atoms with Gasteiger partial charge in [-0.05, 0) is 47.2 Å². The van der Waals surface area contributed by atoms with E-state index in [-0.39, 0.29) is 0 Å². The average molecular weight is 308 g/mol. The lowest BCUT2D eigenvalue weighted by Gasteiger charge is -2.34. The fraction of sp³-hybridized carbons (Fsp3) is 0. The van der Waals surface area contributed by atoms with Gasteiger partial charge in [0.25, 0.3) is 0 Å². The minimum Gasteiger partial charge on any atom is -0.352 e. The number of rotatable bonds is 1. The number of benzene rings is 4. The summed E-state index contributed by atoms with van der Waals surface area (Å²) in [6.45, 7) is 0. The van der Waals surface area contributed by atoms with Gasteiger partial charge in [0.2, 0.25) is 0 Å².